The van der Waals surface area contributed by atoms with Gasteiger partial charge in [-0.15, -0.1) is 0 Å². The Labute approximate surface area is 195 Å². The van der Waals surface area contributed by atoms with Crippen molar-refractivity contribution in [2.24, 2.45) is 11.8 Å². The number of nitrogens with one attached hydrogen (secondary N) is 1. The number of carbonyl (C=O) groups excluding carboxylic acids is 1. The highest BCUT2D eigenvalue weighted by molar-refractivity contribution is 5.86. The van der Waals surface area contributed by atoms with E-state index in [9.17, 15) is 14.7 Å². The van der Waals surface area contributed by atoms with Crippen LogP contribution in [0.25, 0.3) is 0 Å². The zero-order valence-corrected chi connectivity index (χ0v) is 19.0. The Hall–Kier alpha value is -3.44. The molecule has 3 aromatic carbocycles. The number of amides is 1. The summed E-state index contributed by atoms with van der Waals surface area (Å²) in [5, 5.41) is 12.4. The van der Waals surface area contributed by atoms with Gasteiger partial charge < -0.3 is 10.4 Å². The first-order valence-electron chi connectivity index (χ1n) is 11.4. The van der Waals surface area contributed by atoms with Gasteiger partial charge in [-0.25, -0.2) is 0 Å². The highest BCUT2D eigenvalue weighted by Gasteiger charge is 2.55. The van der Waals surface area contributed by atoms with Gasteiger partial charge in [-0.2, -0.15) is 0 Å². The second kappa shape index (κ2) is 9.59. The predicted octanol–water partition coefficient (Wildman–Crippen LogP) is 4.14. The van der Waals surface area contributed by atoms with E-state index < -0.39 is 17.4 Å². The number of benzene rings is 3. The monoisotopic (exact) mass is 442 g/mol. The van der Waals surface area contributed by atoms with Crippen LogP contribution in [0.2, 0.25) is 0 Å². The predicted molar refractivity (Wildman–Crippen MR) is 129 cm³/mol. The summed E-state index contributed by atoms with van der Waals surface area (Å²) in [5.41, 5.74) is 2.63. The lowest BCUT2D eigenvalue weighted by Crippen LogP contribution is -2.43. The lowest BCUT2D eigenvalue weighted by Gasteiger charge is -2.38. The van der Waals surface area contributed by atoms with Crippen LogP contribution in [0.1, 0.15) is 30.5 Å². The Kier molecular flexibility index (Phi) is 6.61. The van der Waals surface area contributed by atoms with Crippen LogP contribution in [-0.2, 0) is 15.1 Å². The number of carbonyl (C=O) groups is 2. The number of rotatable bonds is 9. The normalized spacial score (nSPS) is 18.5. The van der Waals surface area contributed by atoms with E-state index in [0.29, 0.717) is 6.54 Å². The molecule has 0 radical (unpaired) electrons. The Morgan fingerprint density at radius 1 is 0.879 bits per heavy atom. The lowest BCUT2D eigenvalue weighted by atomic mass is 9.76. The van der Waals surface area contributed by atoms with Crippen LogP contribution in [0.3, 0.4) is 0 Å². The molecule has 3 aromatic rings. The molecule has 33 heavy (non-hydrogen) atoms. The molecule has 0 aliphatic carbocycles. The van der Waals surface area contributed by atoms with E-state index in [0.717, 1.165) is 16.7 Å². The summed E-state index contributed by atoms with van der Waals surface area (Å²) in [7, 11) is 0. The minimum Gasteiger partial charge on any atom is -0.481 e. The van der Waals surface area contributed by atoms with Gasteiger partial charge in [0.05, 0.1) is 11.5 Å². The number of aliphatic carboxylic acids is 1. The van der Waals surface area contributed by atoms with Gasteiger partial charge in [0, 0.05) is 13.1 Å². The van der Waals surface area contributed by atoms with E-state index >= 15 is 0 Å². The zero-order chi connectivity index (χ0) is 23.4. The summed E-state index contributed by atoms with van der Waals surface area (Å²) in [4.78, 5) is 26.9. The molecular weight excluding hydrogens is 412 g/mol. The fraction of sp³-hybridized carbons (Fsp3) is 0.286. The number of nitrogens with zero attached hydrogens (tertiary/aromatic N) is 1. The molecule has 4 rings (SSSR count). The van der Waals surface area contributed by atoms with E-state index in [1.54, 1.807) is 0 Å². The second-order valence-corrected chi connectivity index (χ2v) is 8.91. The zero-order valence-electron chi connectivity index (χ0n) is 19.0. The molecule has 1 heterocycles. The highest BCUT2D eigenvalue weighted by atomic mass is 16.4. The van der Waals surface area contributed by atoms with Crippen molar-refractivity contribution in [2.45, 2.75) is 25.4 Å². The lowest BCUT2D eigenvalue weighted by molar-refractivity contribution is -0.143. The first-order chi connectivity index (χ1) is 16.0. The SMILES string of the molecule is CC(C)[C@H](CNC(=O)[C@@H]1CN1C(c1ccccc1)(c1ccccc1)c1ccccc1)C(=O)O. The molecule has 5 heteroatoms. The summed E-state index contributed by atoms with van der Waals surface area (Å²) < 4.78 is 0. The minimum absolute atomic E-state index is 0.0600. The molecule has 5 nitrogen and oxygen atoms in total. The van der Waals surface area contributed by atoms with Gasteiger partial charge in [0.15, 0.2) is 0 Å². The first-order valence-corrected chi connectivity index (χ1v) is 11.4. The van der Waals surface area contributed by atoms with Crippen LogP contribution < -0.4 is 5.32 Å². The standard InChI is InChI=1S/C28H30N2O3/c1-20(2)24(27(32)33)18-29-26(31)25-19-30(25)28(21-12-6-3-7-13-21,22-14-8-4-9-15-22)23-16-10-5-11-17-23/h3-17,20,24-25H,18-19H2,1-2H3,(H,29,31)(H,32,33)/t24-,25-,30?/m0/s1. The Balaban J connectivity index is 1.72. The van der Waals surface area contributed by atoms with Gasteiger partial charge in [0.1, 0.15) is 6.04 Å². The van der Waals surface area contributed by atoms with Crippen molar-refractivity contribution in [1.82, 2.24) is 10.2 Å². The summed E-state index contributed by atoms with van der Waals surface area (Å²) in [6, 6.07) is 30.4. The second-order valence-electron chi connectivity index (χ2n) is 8.91. The molecule has 170 valence electrons. The maximum Gasteiger partial charge on any atom is 0.308 e. The molecule has 0 aromatic heterocycles. The summed E-state index contributed by atoms with van der Waals surface area (Å²) >= 11 is 0. The van der Waals surface area contributed by atoms with Crippen molar-refractivity contribution in [1.29, 1.82) is 0 Å². The quantitative estimate of drug-likeness (QED) is 0.386. The van der Waals surface area contributed by atoms with Gasteiger partial charge in [0.2, 0.25) is 5.91 Å². The number of carboxylic acid groups (broad SMARTS) is 1. The Morgan fingerprint density at radius 3 is 1.67 bits per heavy atom. The van der Waals surface area contributed by atoms with Crippen LogP contribution in [0.5, 0.6) is 0 Å². The van der Waals surface area contributed by atoms with E-state index in [-0.39, 0.29) is 24.4 Å². The molecule has 1 saturated heterocycles. The van der Waals surface area contributed by atoms with E-state index in [4.69, 9.17) is 0 Å². The maximum absolute atomic E-state index is 13.2. The van der Waals surface area contributed by atoms with E-state index in [1.165, 1.54) is 0 Å². The number of carboxylic acids is 1. The third-order valence-corrected chi connectivity index (χ3v) is 6.54. The molecule has 1 amide bonds. The van der Waals surface area contributed by atoms with Gasteiger partial charge in [-0.05, 0) is 22.6 Å². The van der Waals surface area contributed by atoms with Crippen LogP contribution in [0, 0.1) is 11.8 Å². The van der Waals surface area contributed by atoms with Crippen molar-refractivity contribution in [3.63, 3.8) is 0 Å². The van der Waals surface area contributed by atoms with Gasteiger partial charge in [0.25, 0.3) is 0 Å². The Morgan fingerprint density at radius 2 is 1.30 bits per heavy atom. The van der Waals surface area contributed by atoms with Crippen molar-refractivity contribution >= 4 is 11.9 Å². The topological polar surface area (TPSA) is 69.4 Å². The minimum atomic E-state index is -0.884. The number of hydrogen-bond acceptors (Lipinski definition) is 3. The maximum atomic E-state index is 13.2. The van der Waals surface area contributed by atoms with Crippen molar-refractivity contribution in [3.8, 4) is 0 Å². The molecule has 0 saturated carbocycles. The van der Waals surface area contributed by atoms with E-state index in [2.05, 4.69) is 46.6 Å². The van der Waals surface area contributed by atoms with Gasteiger partial charge in [-0.3, -0.25) is 14.5 Å². The molecule has 3 atom stereocenters. The van der Waals surface area contributed by atoms with Crippen LogP contribution >= 0.6 is 0 Å². The van der Waals surface area contributed by atoms with Crippen LogP contribution in [-0.4, -0.2) is 41.0 Å². The van der Waals surface area contributed by atoms with E-state index in [1.807, 2.05) is 68.4 Å². The Bertz CT molecular complexity index is 987. The fourth-order valence-electron chi connectivity index (χ4n) is 4.71. The summed E-state index contributed by atoms with van der Waals surface area (Å²) in [6.07, 6.45) is 0. The van der Waals surface area contributed by atoms with Gasteiger partial charge >= 0.3 is 5.97 Å². The molecule has 1 fully saturated rings. The molecule has 0 spiro atoms. The molecular formula is C28H30N2O3. The smallest absolute Gasteiger partial charge is 0.308 e. The molecule has 1 unspecified atom stereocenters. The van der Waals surface area contributed by atoms with Gasteiger partial charge in [-0.1, -0.05) is 105 Å². The molecule has 1 aliphatic rings. The van der Waals surface area contributed by atoms with Crippen LogP contribution in [0.4, 0.5) is 0 Å². The highest BCUT2D eigenvalue weighted by Crippen LogP contribution is 2.48. The third kappa shape index (κ3) is 4.41. The average molecular weight is 443 g/mol. The summed E-state index contributed by atoms with van der Waals surface area (Å²) in [6.45, 7) is 4.44. The molecule has 0 bridgehead atoms. The average Bonchev–Trinajstić information content (AvgIpc) is 3.63. The van der Waals surface area contributed by atoms with Crippen LogP contribution in [0.15, 0.2) is 91.0 Å². The number of hydrogen-bond donors (Lipinski definition) is 2. The first kappa shape index (κ1) is 22.7. The van der Waals surface area contributed by atoms with Crippen molar-refractivity contribution in [3.05, 3.63) is 108 Å². The largest absolute Gasteiger partial charge is 0.481 e. The van der Waals surface area contributed by atoms with Crippen molar-refractivity contribution < 1.29 is 14.7 Å². The molecule has 2 N–H and O–H groups in total. The van der Waals surface area contributed by atoms with Crippen molar-refractivity contribution in [2.75, 3.05) is 13.1 Å². The summed E-state index contributed by atoms with van der Waals surface area (Å²) in [5.74, 6) is -1.68. The fourth-order valence-corrected chi connectivity index (χ4v) is 4.71. The third-order valence-electron chi connectivity index (χ3n) is 6.54. The molecule has 1 aliphatic heterocycles.